The fourth-order valence-electron chi connectivity index (χ4n) is 1.33. The van der Waals surface area contributed by atoms with Crippen LogP contribution in [0.3, 0.4) is 0 Å². The van der Waals surface area contributed by atoms with Crippen LogP contribution in [0.2, 0.25) is 5.02 Å². The second-order valence-electron chi connectivity index (χ2n) is 3.42. The molecule has 7 heteroatoms. The van der Waals surface area contributed by atoms with Crippen molar-refractivity contribution in [1.82, 2.24) is 0 Å². The number of alkyl halides is 3. The molecule has 0 saturated heterocycles. The zero-order valence-electron chi connectivity index (χ0n) is 9.28. The zero-order chi connectivity index (χ0) is 13.9. The molecule has 0 atom stereocenters. The predicted molar refractivity (Wildman–Crippen MR) is 56.7 cm³/mol. The number of hydrogen-bond donors (Lipinski definition) is 0. The average Bonchev–Trinajstić information content (AvgIpc) is 2.21. The molecule has 0 amide bonds. The Balaban J connectivity index is 3.09. The molecule has 100 valence electrons. The number of ether oxygens (including phenoxy) is 1. The molecule has 1 aromatic carbocycles. The van der Waals surface area contributed by atoms with Crippen molar-refractivity contribution < 1.29 is 27.1 Å². The lowest BCUT2D eigenvalue weighted by molar-refractivity contribution is -0.142. The third-order valence-corrected chi connectivity index (χ3v) is 2.43. The summed E-state index contributed by atoms with van der Waals surface area (Å²) in [6.07, 6.45) is -5.21. The number of hydrogen-bond acceptors (Lipinski definition) is 2. The fourth-order valence-corrected chi connectivity index (χ4v) is 1.55. The Morgan fingerprint density at radius 2 is 2.00 bits per heavy atom. The molecule has 0 aliphatic rings. The predicted octanol–water partition coefficient (Wildman–Crippen LogP) is 3.60. The normalized spacial score (nSPS) is 11.4. The van der Waals surface area contributed by atoms with E-state index in [1.165, 1.54) is 0 Å². The van der Waals surface area contributed by atoms with Crippen LogP contribution in [-0.4, -0.2) is 12.6 Å². The van der Waals surface area contributed by atoms with Gasteiger partial charge in [-0.15, -0.1) is 0 Å². The highest BCUT2D eigenvalue weighted by Gasteiger charge is 2.35. The van der Waals surface area contributed by atoms with E-state index in [1.54, 1.807) is 6.92 Å². The van der Waals surface area contributed by atoms with Gasteiger partial charge in [0, 0.05) is 0 Å². The SMILES string of the molecule is CCOC(=O)Cc1cc(F)c(Cl)c(C(F)(F)F)c1. The number of halogens is 5. The highest BCUT2D eigenvalue weighted by Crippen LogP contribution is 2.36. The van der Waals surface area contributed by atoms with Crippen LogP contribution >= 0.6 is 11.6 Å². The van der Waals surface area contributed by atoms with E-state index in [1.807, 2.05) is 0 Å². The molecule has 2 nitrogen and oxygen atoms in total. The van der Waals surface area contributed by atoms with E-state index >= 15 is 0 Å². The lowest BCUT2D eigenvalue weighted by Gasteiger charge is -2.11. The first kappa shape index (κ1) is 14.8. The van der Waals surface area contributed by atoms with Gasteiger partial charge >= 0.3 is 12.1 Å². The van der Waals surface area contributed by atoms with Crippen molar-refractivity contribution in [3.05, 3.63) is 34.1 Å². The quantitative estimate of drug-likeness (QED) is 0.626. The Kier molecular flexibility index (Phi) is 4.56. The number of carbonyl (C=O) groups is 1. The molecular weight excluding hydrogens is 276 g/mol. The molecule has 0 unspecified atom stereocenters. The van der Waals surface area contributed by atoms with Gasteiger partial charge in [0.05, 0.1) is 23.6 Å². The van der Waals surface area contributed by atoms with E-state index in [0.29, 0.717) is 6.07 Å². The van der Waals surface area contributed by atoms with E-state index in [0.717, 1.165) is 6.07 Å². The summed E-state index contributed by atoms with van der Waals surface area (Å²) in [5.74, 6) is -1.95. The van der Waals surface area contributed by atoms with Gasteiger partial charge in [-0.05, 0) is 24.6 Å². The Bertz CT molecular complexity index is 457. The van der Waals surface area contributed by atoms with Crippen LogP contribution in [0.25, 0.3) is 0 Å². The molecule has 1 rings (SSSR count). The molecular formula is C11H9ClF4O2. The molecule has 0 saturated carbocycles. The lowest BCUT2D eigenvalue weighted by atomic mass is 10.1. The first-order chi connectivity index (χ1) is 8.25. The minimum absolute atomic E-state index is 0.0982. The molecule has 0 aliphatic carbocycles. The minimum Gasteiger partial charge on any atom is -0.466 e. The molecule has 0 aliphatic heterocycles. The monoisotopic (exact) mass is 284 g/mol. The summed E-state index contributed by atoms with van der Waals surface area (Å²) < 4.78 is 55.4. The number of benzene rings is 1. The van der Waals surface area contributed by atoms with Crippen molar-refractivity contribution in [2.45, 2.75) is 19.5 Å². The van der Waals surface area contributed by atoms with Crippen LogP contribution in [0.15, 0.2) is 12.1 Å². The van der Waals surface area contributed by atoms with Gasteiger partial charge < -0.3 is 4.74 Å². The van der Waals surface area contributed by atoms with Crippen LogP contribution < -0.4 is 0 Å². The van der Waals surface area contributed by atoms with Crippen LogP contribution in [0.5, 0.6) is 0 Å². The Labute approximate surface area is 105 Å². The lowest BCUT2D eigenvalue weighted by Crippen LogP contribution is -2.11. The maximum absolute atomic E-state index is 13.2. The van der Waals surface area contributed by atoms with Gasteiger partial charge in [0.1, 0.15) is 5.82 Å². The molecule has 18 heavy (non-hydrogen) atoms. The van der Waals surface area contributed by atoms with E-state index in [9.17, 15) is 22.4 Å². The molecule has 0 N–H and O–H groups in total. The number of carbonyl (C=O) groups excluding carboxylic acids is 1. The number of esters is 1. The molecule has 0 bridgehead atoms. The summed E-state index contributed by atoms with van der Waals surface area (Å²) in [6, 6.07) is 1.43. The van der Waals surface area contributed by atoms with Crippen LogP contribution in [0, 0.1) is 5.82 Å². The van der Waals surface area contributed by atoms with Gasteiger partial charge in [0.15, 0.2) is 0 Å². The maximum Gasteiger partial charge on any atom is 0.417 e. The standard InChI is InChI=1S/C11H9ClF4O2/c1-2-18-9(17)5-6-3-7(11(14,15)16)10(12)8(13)4-6/h3-4H,2,5H2,1H3. The van der Waals surface area contributed by atoms with E-state index in [4.69, 9.17) is 11.6 Å². The summed E-state index contributed by atoms with van der Waals surface area (Å²) in [6.45, 7) is 1.66. The third kappa shape index (κ3) is 3.60. The molecule has 1 aromatic rings. The van der Waals surface area contributed by atoms with Gasteiger partial charge in [-0.3, -0.25) is 4.79 Å². The van der Waals surface area contributed by atoms with Gasteiger partial charge in [0.25, 0.3) is 0 Å². The molecule has 0 aromatic heterocycles. The Morgan fingerprint density at radius 3 is 2.50 bits per heavy atom. The summed E-state index contributed by atoms with van der Waals surface area (Å²) in [4.78, 5) is 11.1. The summed E-state index contributed by atoms with van der Waals surface area (Å²) >= 11 is 5.24. The van der Waals surface area contributed by atoms with Crippen molar-refractivity contribution in [3.8, 4) is 0 Å². The second-order valence-corrected chi connectivity index (χ2v) is 3.80. The first-order valence-electron chi connectivity index (χ1n) is 4.96. The zero-order valence-corrected chi connectivity index (χ0v) is 10.0. The highest BCUT2D eigenvalue weighted by molar-refractivity contribution is 6.31. The average molecular weight is 285 g/mol. The Morgan fingerprint density at radius 1 is 1.39 bits per heavy atom. The smallest absolute Gasteiger partial charge is 0.417 e. The van der Waals surface area contributed by atoms with Crippen molar-refractivity contribution in [1.29, 1.82) is 0 Å². The molecule has 0 radical (unpaired) electrons. The second kappa shape index (κ2) is 5.56. The van der Waals surface area contributed by atoms with Crippen LogP contribution in [0.4, 0.5) is 17.6 Å². The topological polar surface area (TPSA) is 26.3 Å². The van der Waals surface area contributed by atoms with E-state index in [2.05, 4.69) is 4.74 Å². The largest absolute Gasteiger partial charge is 0.466 e. The first-order valence-corrected chi connectivity index (χ1v) is 5.34. The summed E-state index contributed by atoms with van der Waals surface area (Å²) in [5.41, 5.74) is -1.44. The van der Waals surface area contributed by atoms with E-state index < -0.39 is 35.0 Å². The Hall–Kier alpha value is -1.30. The third-order valence-electron chi connectivity index (χ3n) is 2.05. The summed E-state index contributed by atoms with van der Waals surface area (Å²) in [5, 5.41) is -1.00. The maximum atomic E-state index is 13.2. The van der Waals surface area contributed by atoms with E-state index in [-0.39, 0.29) is 12.2 Å². The van der Waals surface area contributed by atoms with Crippen molar-refractivity contribution in [3.63, 3.8) is 0 Å². The molecule has 0 fully saturated rings. The van der Waals surface area contributed by atoms with Gasteiger partial charge in [-0.1, -0.05) is 11.6 Å². The van der Waals surface area contributed by atoms with Crippen molar-refractivity contribution >= 4 is 17.6 Å². The fraction of sp³-hybridized carbons (Fsp3) is 0.364. The number of rotatable bonds is 3. The minimum atomic E-state index is -4.78. The molecule has 0 spiro atoms. The van der Waals surface area contributed by atoms with Crippen molar-refractivity contribution in [2.75, 3.05) is 6.61 Å². The van der Waals surface area contributed by atoms with Crippen LogP contribution in [-0.2, 0) is 22.1 Å². The van der Waals surface area contributed by atoms with Crippen LogP contribution in [0.1, 0.15) is 18.1 Å². The van der Waals surface area contributed by atoms with Crippen molar-refractivity contribution in [2.24, 2.45) is 0 Å². The van der Waals surface area contributed by atoms with Gasteiger partial charge in [-0.2, -0.15) is 13.2 Å². The van der Waals surface area contributed by atoms with Gasteiger partial charge in [0.2, 0.25) is 0 Å². The van der Waals surface area contributed by atoms with Gasteiger partial charge in [-0.25, -0.2) is 4.39 Å². The highest BCUT2D eigenvalue weighted by atomic mass is 35.5. The molecule has 0 heterocycles. The summed E-state index contributed by atoms with van der Waals surface area (Å²) in [7, 11) is 0.